The van der Waals surface area contributed by atoms with Crippen molar-refractivity contribution in [3.63, 3.8) is 0 Å². The Morgan fingerprint density at radius 2 is 0.480 bits per heavy atom. The molecule has 0 rings (SSSR count). The molecule has 1 unspecified atom stereocenters. The molecule has 0 spiro atoms. The predicted molar refractivity (Wildman–Crippen MR) is 326 cm³/mol. The van der Waals surface area contributed by atoms with Gasteiger partial charge in [0.1, 0.15) is 13.2 Å². The maximum absolute atomic E-state index is 12.9. The van der Waals surface area contributed by atoms with E-state index in [1.807, 2.05) is 0 Å². The van der Waals surface area contributed by atoms with Gasteiger partial charge in [-0.3, -0.25) is 14.4 Å². The van der Waals surface area contributed by atoms with Crippen LogP contribution < -0.4 is 0 Å². The molecule has 0 heterocycles. The van der Waals surface area contributed by atoms with Gasteiger partial charge in [-0.15, -0.1) is 0 Å². The molecule has 1 atom stereocenters. The Balaban J connectivity index is 4.11. The molecule has 0 aliphatic rings. The number of carbonyl (C=O) groups is 3. The summed E-state index contributed by atoms with van der Waals surface area (Å²) in [6.45, 7) is 6.68. The zero-order valence-corrected chi connectivity index (χ0v) is 50.8. The molecule has 442 valence electrons. The molecule has 0 amide bonds. The van der Waals surface area contributed by atoms with Crippen LogP contribution in [0.15, 0.2) is 24.3 Å². The lowest BCUT2D eigenvalue weighted by Gasteiger charge is -2.18. The number of hydrogen-bond acceptors (Lipinski definition) is 6. The fourth-order valence-electron chi connectivity index (χ4n) is 10.4. The minimum Gasteiger partial charge on any atom is -0.462 e. The molecule has 0 aliphatic heterocycles. The van der Waals surface area contributed by atoms with Crippen molar-refractivity contribution < 1.29 is 28.6 Å². The molecule has 0 bridgehead atoms. The van der Waals surface area contributed by atoms with Crippen LogP contribution in [0.4, 0.5) is 0 Å². The van der Waals surface area contributed by atoms with Crippen LogP contribution in [0.25, 0.3) is 0 Å². The first-order valence-electron chi connectivity index (χ1n) is 33.8. The Kier molecular flexibility index (Phi) is 62.6. The normalized spacial score (nSPS) is 12.1. The third-order valence-electron chi connectivity index (χ3n) is 15.5. The van der Waals surface area contributed by atoms with Gasteiger partial charge < -0.3 is 14.2 Å². The Morgan fingerprint density at radius 1 is 0.267 bits per heavy atom. The highest BCUT2D eigenvalue weighted by molar-refractivity contribution is 5.71. The average molecular weight is 1060 g/mol. The van der Waals surface area contributed by atoms with Gasteiger partial charge in [-0.2, -0.15) is 0 Å². The second-order valence-corrected chi connectivity index (χ2v) is 23.1. The van der Waals surface area contributed by atoms with E-state index >= 15 is 0 Å². The molecular formula is C69H130O6. The smallest absolute Gasteiger partial charge is 0.306 e. The van der Waals surface area contributed by atoms with Crippen LogP contribution in [0.2, 0.25) is 0 Å². The van der Waals surface area contributed by atoms with Gasteiger partial charge >= 0.3 is 17.9 Å². The van der Waals surface area contributed by atoms with E-state index in [1.54, 1.807) is 0 Å². The summed E-state index contributed by atoms with van der Waals surface area (Å²) in [6.07, 6.45) is 77.8. The number of hydrogen-bond donors (Lipinski definition) is 0. The Labute approximate surface area is 468 Å². The minimum absolute atomic E-state index is 0.0646. The van der Waals surface area contributed by atoms with Crippen molar-refractivity contribution in [3.8, 4) is 0 Å². The van der Waals surface area contributed by atoms with Gasteiger partial charge in [-0.1, -0.05) is 334 Å². The molecule has 75 heavy (non-hydrogen) atoms. The monoisotopic (exact) mass is 1050 g/mol. The summed E-state index contributed by atoms with van der Waals surface area (Å²) in [5.41, 5.74) is 0. The van der Waals surface area contributed by atoms with Crippen molar-refractivity contribution in [1.82, 2.24) is 0 Å². The molecule has 0 fully saturated rings. The van der Waals surface area contributed by atoms with Crippen LogP contribution in [-0.4, -0.2) is 37.2 Å². The number of esters is 3. The zero-order chi connectivity index (χ0) is 54.3. The van der Waals surface area contributed by atoms with E-state index in [9.17, 15) is 14.4 Å². The van der Waals surface area contributed by atoms with E-state index in [4.69, 9.17) is 14.2 Å². The van der Waals surface area contributed by atoms with Crippen LogP contribution in [0.1, 0.15) is 380 Å². The van der Waals surface area contributed by atoms with Crippen LogP contribution in [0.5, 0.6) is 0 Å². The highest BCUT2D eigenvalue weighted by atomic mass is 16.6. The van der Waals surface area contributed by atoms with Crippen LogP contribution >= 0.6 is 0 Å². The first-order chi connectivity index (χ1) is 37.0. The molecular weight excluding hydrogens is 925 g/mol. The largest absolute Gasteiger partial charge is 0.462 e. The van der Waals surface area contributed by atoms with Crippen molar-refractivity contribution >= 4 is 17.9 Å². The lowest BCUT2D eigenvalue weighted by molar-refractivity contribution is -0.167. The molecule has 0 aromatic heterocycles. The molecule has 0 radical (unpaired) electrons. The first kappa shape index (κ1) is 72.9. The van der Waals surface area contributed by atoms with Gasteiger partial charge in [0.25, 0.3) is 0 Å². The minimum atomic E-state index is -0.765. The molecule has 0 aliphatic carbocycles. The van der Waals surface area contributed by atoms with Crippen molar-refractivity contribution in [3.05, 3.63) is 24.3 Å². The summed E-state index contributed by atoms with van der Waals surface area (Å²) in [5.74, 6) is -0.838. The summed E-state index contributed by atoms with van der Waals surface area (Å²) in [4.78, 5) is 38.2. The van der Waals surface area contributed by atoms with Crippen molar-refractivity contribution in [2.24, 2.45) is 0 Å². The van der Waals surface area contributed by atoms with Gasteiger partial charge in [-0.05, 0) is 51.4 Å². The number of ether oxygens (including phenoxy) is 3. The highest BCUT2D eigenvalue weighted by Gasteiger charge is 2.19. The van der Waals surface area contributed by atoms with E-state index in [2.05, 4.69) is 45.1 Å². The topological polar surface area (TPSA) is 78.9 Å². The molecule has 6 nitrogen and oxygen atoms in total. The summed E-state index contributed by atoms with van der Waals surface area (Å²) in [6, 6.07) is 0. The van der Waals surface area contributed by atoms with E-state index in [0.717, 1.165) is 64.2 Å². The second kappa shape index (κ2) is 64.4. The number of carbonyl (C=O) groups excluding carboxylic acids is 3. The number of allylic oxidation sites excluding steroid dienone is 4. The average Bonchev–Trinajstić information content (AvgIpc) is 3.41. The fourth-order valence-corrected chi connectivity index (χ4v) is 10.4. The van der Waals surface area contributed by atoms with Gasteiger partial charge in [0.05, 0.1) is 0 Å². The third kappa shape index (κ3) is 62.6. The SMILES string of the molecule is CCCCCCC/C=C\C/C=C\CCCCCCCCCCCCCCCCCC(=O)OCC(COC(=O)CCCCCCCCCCC)OC(=O)CCCCCCCCCCCCCCCCCCCCCCC. The maximum atomic E-state index is 12.9. The summed E-state index contributed by atoms with van der Waals surface area (Å²) in [5, 5.41) is 0. The van der Waals surface area contributed by atoms with Crippen molar-refractivity contribution in [1.29, 1.82) is 0 Å². The van der Waals surface area contributed by atoms with Gasteiger partial charge in [0.2, 0.25) is 0 Å². The predicted octanol–water partition coefficient (Wildman–Crippen LogP) is 23.0. The van der Waals surface area contributed by atoms with Crippen LogP contribution in [0.3, 0.4) is 0 Å². The lowest BCUT2D eigenvalue weighted by atomic mass is 10.0. The number of rotatable bonds is 63. The number of unbranched alkanes of at least 4 members (excludes halogenated alkanes) is 48. The lowest BCUT2D eigenvalue weighted by Crippen LogP contribution is -2.30. The Hall–Kier alpha value is -2.11. The van der Waals surface area contributed by atoms with Gasteiger partial charge in [0, 0.05) is 19.3 Å². The van der Waals surface area contributed by atoms with Crippen molar-refractivity contribution in [2.75, 3.05) is 13.2 Å². The van der Waals surface area contributed by atoms with E-state index in [-0.39, 0.29) is 31.1 Å². The van der Waals surface area contributed by atoms with Crippen LogP contribution in [-0.2, 0) is 28.6 Å². The van der Waals surface area contributed by atoms with E-state index in [0.29, 0.717) is 19.3 Å². The molecule has 0 saturated heterocycles. The van der Waals surface area contributed by atoms with Crippen LogP contribution in [0, 0.1) is 0 Å². The standard InChI is InChI=1S/C69H130O6/c1-4-7-10-13-16-19-21-23-25-27-29-31-32-33-34-35-36-38-39-41-43-45-47-50-53-56-59-62-68(71)74-65-66(64-73-67(70)61-58-55-52-49-18-15-12-9-6-3)75-69(72)63-60-57-54-51-48-46-44-42-40-37-30-28-26-24-22-20-17-14-11-8-5-2/h21,23,27,29,66H,4-20,22,24-26,28,30-65H2,1-3H3/b23-21-,29-27-. The quantitative estimate of drug-likeness (QED) is 0.0261. The maximum Gasteiger partial charge on any atom is 0.306 e. The molecule has 0 aromatic carbocycles. The summed E-state index contributed by atoms with van der Waals surface area (Å²) in [7, 11) is 0. The van der Waals surface area contributed by atoms with E-state index < -0.39 is 6.10 Å². The highest BCUT2D eigenvalue weighted by Crippen LogP contribution is 2.18. The third-order valence-corrected chi connectivity index (χ3v) is 15.5. The second-order valence-electron chi connectivity index (χ2n) is 23.1. The fraction of sp³-hybridized carbons (Fsp3) is 0.899. The molecule has 6 heteroatoms. The molecule has 0 saturated carbocycles. The molecule has 0 aromatic rings. The van der Waals surface area contributed by atoms with E-state index in [1.165, 1.54) is 276 Å². The summed E-state index contributed by atoms with van der Waals surface area (Å²) < 4.78 is 16.9. The Morgan fingerprint density at radius 3 is 0.733 bits per heavy atom. The van der Waals surface area contributed by atoms with Crippen molar-refractivity contribution in [2.45, 2.75) is 386 Å². The summed E-state index contributed by atoms with van der Waals surface area (Å²) >= 11 is 0. The Bertz CT molecular complexity index is 1210. The zero-order valence-electron chi connectivity index (χ0n) is 50.8. The van der Waals surface area contributed by atoms with Gasteiger partial charge in [0.15, 0.2) is 6.10 Å². The molecule has 0 N–H and O–H groups in total. The first-order valence-corrected chi connectivity index (χ1v) is 33.8. The van der Waals surface area contributed by atoms with Gasteiger partial charge in [-0.25, -0.2) is 0 Å².